The Balaban J connectivity index is 1.66. The highest BCUT2D eigenvalue weighted by atomic mass is 35.5. The first-order valence-corrected chi connectivity index (χ1v) is 9.90. The molecule has 0 saturated carbocycles. The minimum Gasteiger partial charge on any atom is -0.273 e. The summed E-state index contributed by atoms with van der Waals surface area (Å²) in [4.78, 5) is 23.5. The summed E-state index contributed by atoms with van der Waals surface area (Å²) < 4.78 is 0. The van der Waals surface area contributed by atoms with Crippen molar-refractivity contribution in [2.45, 2.75) is 19.3 Å². The molecule has 0 radical (unpaired) electrons. The summed E-state index contributed by atoms with van der Waals surface area (Å²) in [6, 6.07) is 9.95. The second-order valence-electron chi connectivity index (χ2n) is 5.79. The van der Waals surface area contributed by atoms with Crippen LogP contribution in [0.5, 0.6) is 0 Å². The molecule has 0 aliphatic heterocycles. The van der Waals surface area contributed by atoms with Gasteiger partial charge in [-0.05, 0) is 41.8 Å². The molecule has 2 aromatic carbocycles. The lowest BCUT2D eigenvalue weighted by Gasteiger charge is -2.01. The third kappa shape index (κ3) is 8.41. The van der Waals surface area contributed by atoms with E-state index < -0.39 is 0 Å². The second kappa shape index (κ2) is 11.8. The van der Waals surface area contributed by atoms with Crippen LogP contribution >= 0.6 is 46.4 Å². The fourth-order valence-electron chi connectivity index (χ4n) is 2.06. The van der Waals surface area contributed by atoms with Crippen molar-refractivity contribution >= 4 is 70.6 Å². The molecule has 0 heterocycles. The quantitative estimate of drug-likeness (QED) is 0.414. The fourth-order valence-corrected chi connectivity index (χ4v) is 2.68. The van der Waals surface area contributed by atoms with Gasteiger partial charge in [-0.15, -0.1) is 0 Å². The average molecular weight is 474 g/mol. The van der Waals surface area contributed by atoms with Crippen LogP contribution in [-0.2, 0) is 9.59 Å². The Morgan fingerprint density at radius 1 is 0.724 bits per heavy atom. The predicted octanol–water partition coefficient (Wildman–Crippen LogP) is 5.07. The first-order chi connectivity index (χ1) is 13.8. The Kier molecular flexibility index (Phi) is 9.41. The summed E-state index contributed by atoms with van der Waals surface area (Å²) >= 11 is 23.4. The van der Waals surface area contributed by atoms with Crippen molar-refractivity contribution in [2.24, 2.45) is 10.2 Å². The van der Waals surface area contributed by atoms with Crippen LogP contribution in [0.2, 0.25) is 20.1 Å². The van der Waals surface area contributed by atoms with Crippen molar-refractivity contribution in [1.29, 1.82) is 0 Å². The third-order valence-electron chi connectivity index (χ3n) is 3.50. The van der Waals surface area contributed by atoms with Crippen molar-refractivity contribution in [3.8, 4) is 0 Å². The summed E-state index contributed by atoms with van der Waals surface area (Å²) in [7, 11) is 0. The van der Waals surface area contributed by atoms with E-state index in [4.69, 9.17) is 46.4 Å². The summed E-state index contributed by atoms with van der Waals surface area (Å²) in [5, 5.41) is 9.34. The molecule has 152 valence electrons. The van der Waals surface area contributed by atoms with Gasteiger partial charge in [0.1, 0.15) is 0 Å². The normalized spacial score (nSPS) is 11.2. The topological polar surface area (TPSA) is 82.9 Å². The minimum absolute atomic E-state index is 0.142. The first-order valence-electron chi connectivity index (χ1n) is 8.39. The van der Waals surface area contributed by atoms with Crippen molar-refractivity contribution in [1.82, 2.24) is 10.9 Å². The van der Waals surface area contributed by atoms with Gasteiger partial charge in [0.2, 0.25) is 11.8 Å². The number of hydrazone groups is 2. The highest BCUT2D eigenvalue weighted by molar-refractivity contribution is 6.42. The molecule has 0 bridgehead atoms. The number of hydrogen-bond donors (Lipinski definition) is 2. The Morgan fingerprint density at radius 3 is 1.52 bits per heavy atom. The molecule has 0 aliphatic carbocycles. The number of carbonyl (C=O) groups is 2. The molecule has 0 atom stereocenters. The highest BCUT2D eigenvalue weighted by Gasteiger charge is 2.04. The van der Waals surface area contributed by atoms with Crippen LogP contribution in [0.15, 0.2) is 46.6 Å². The molecular formula is C19H16Cl4N4O2. The van der Waals surface area contributed by atoms with Crippen LogP contribution in [0.3, 0.4) is 0 Å². The van der Waals surface area contributed by atoms with Crippen molar-refractivity contribution in [3.05, 3.63) is 67.6 Å². The van der Waals surface area contributed by atoms with Crippen molar-refractivity contribution in [3.63, 3.8) is 0 Å². The molecule has 0 unspecified atom stereocenters. The molecule has 2 rings (SSSR count). The van der Waals surface area contributed by atoms with Crippen LogP contribution in [0.1, 0.15) is 30.4 Å². The van der Waals surface area contributed by atoms with Crippen molar-refractivity contribution < 1.29 is 9.59 Å². The molecule has 6 nitrogen and oxygen atoms in total. The number of halogens is 4. The zero-order valence-corrected chi connectivity index (χ0v) is 18.0. The van der Waals surface area contributed by atoms with Gasteiger partial charge in [-0.1, -0.05) is 58.5 Å². The van der Waals surface area contributed by atoms with E-state index in [-0.39, 0.29) is 24.7 Å². The maximum atomic E-state index is 11.7. The van der Waals surface area contributed by atoms with E-state index in [0.29, 0.717) is 37.6 Å². The Morgan fingerprint density at radius 2 is 1.14 bits per heavy atom. The van der Waals surface area contributed by atoms with Crippen LogP contribution in [0.25, 0.3) is 0 Å². The molecule has 2 amide bonds. The molecule has 2 N–H and O–H groups in total. The van der Waals surface area contributed by atoms with Gasteiger partial charge in [0.25, 0.3) is 0 Å². The second-order valence-corrected chi connectivity index (χ2v) is 7.42. The number of nitrogens with one attached hydrogen (secondary N) is 2. The number of hydrogen-bond acceptors (Lipinski definition) is 4. The zero-order valence-electron chi connectivity index (χ0n) is 15.0. The van der Waals surface area contributed by atoms with E-state index in [1.54, 1.807) is 36.4 Å². The molecule has 0 saturated heterocycles. The van der Waals surface area contributed by atoms with Gasteiger partial charge in [0, 0.05) is 12.8 Å². The summed E-state index contributed by atoms with van der Waals surface area (Å²) in [5.74, 6) is -0.623. The number of amides is 2. The van der Waals surface area contributed by atoms with E-state index in [9.17, 15) is 9.59 Å². The Hall–Kier alpha value is -2.12. The smallest absolute Gasteiger partial charge is 0.240 e. The monoisotopic (exact) mass is 472 g/mol. The maximum absolute atomic E-state index is 11.7. The first kappa shape index (κ1) is 23.2. The number of rotatable bonds is 8. The van der Waals surface area contributed by atoms with E-state index in [2.05, 4.69) is 21.1 Å². The lowest BCUT2D eigenvalue weighted by Crippen LogP contribution is -2.20. The lowest BCUT2D eigenvalue weighted by atomic mass is 10.2. The molecule has 0 aromatic heterocycles. The Labute approximate surface area is 187 Å². The third-order valence-corrected chi connectivity index (χ3v) is 4.98. The molecule has 2 aromatic rings. The van der Waals surface area contributed by atoms with Gasteiger partial charge >= 0.3 is 0 Å². The molecule has 0 aliphatic rings. The molecular weight excluding hydrogens is 458 g/mol. The van der Waals surface area contributed by atoms with Crippen molar-refractivity contribution in [2.75, 3.05) is 0 Å². The van der Waals surface area contributed by atoms with Gasteiger partial charge < -0.3 is 0 Å². The Bertz CT molecular complexity index is 872. The van der Waals surface area contributed by atoms with Gasteiger partial charge in [-0.3, -0.25) is 9.59 Å². The summed E-state index contributed by atoms with van der Waals surface area (Å²) in [6.07, 6.45) is 3.53. The van der Waals surface area contributed by atoms with Gasteiger partial charge in [-0.2, -0.15) is 10.2 Å². The van der Waals surface area contributed by atoms with Crippen LogP contribution in [-0.4, -0.2) is 24.2 Å². The van der Waals surface area contributed by atoms with E-state index >= 15 is 0 Å². The number of benzene rings is 2. The molecule has 10 heteroatoms. The predicted molar refractivity (Wildman–Crippen MR) is 118 cm³/mol. The van der Waals surface area contributed by atoms with Gasteiger partial charge in [-0.25, -0.2) is 10.9 Å². The number of carbonyl (C=O) groups excluding carboxylic acids is 2. The zero-order chi connectivity index (χ0) is 21.2. The van der Waals surface area contributed by atoms with Gasteiger partial charge in [0.05, 0.1) is 32.5 Å². The van der Waals surface area contributed by atoms with Crippen LogP contribution in [0, 0.1) is 0 Å². The van der Waals surface area contributed by atoms with Crippen LogP contribution < -0.4 is 10.9 Å². The standard InChI is InChI=1S/C19H16Cl4N4O2/c20-14-6-4-12(8-16(14)22)10-24-26-18(28)2-1-3-19(29)27-25-11-13-5-7-15(21)17(23)9-13/h4-11H,1-3H2,(H,26,28)(H,27,29)/b24-10+,25-11?. The lowest BCUT2D eigenvalue weighted by molar-refractivity contribution is -0.122. The van der Waals surface area contributed by atoms with E-state index in [1.165, 1.54) is 12.4 Å². The average Bonchev–Trinajstić information content (AvgIpc) is 2.67. The number of nitrogens with zero attached hydrogens (tertiary/aromatic N) is 2. The fraction of sp³-hybridized carbons (Fsp3) is 0.158. The highest BCUT2D eigenvalue weighted by Crippen LogP contribution is 2.22. The minimum atomic E-state index is -0.312. The van der Waals surface area contributed by atoms with Gasteiger partial charge in [0.15, 0.2) is 0 Å². The van der Waals surface area contributed by atoms with E-state index in [1.807, 2.05) is 0 Å². The summed E-state index contributed by atoms with van der Waals surface area (Å²) in [6.45, 7) is 0. The molecule has 0 fully saturated rings. The SMILES string of the molecule is O=C(CCCC(=O)N/N=C/c1ccc(Cl)c(Cl)c1)NN=Cc1ccc(Cl)c(Cl)c1. The maximum Gasteiger partial charge on any atom is 0.240 e. The summed E-state index contributed by atoms with van der Waals surface area (Å²) in [5.41, 5.74) is 6.15. The van der Waals surface area contributed by atoms with Crippen LogP contribution in [0.4, 0.5) is 0 Å². The molecule has 0 spiro atoms. The largest absolute Gasteiger partial charge is 0.273 e. The molecule has 29 heavy (non-hydrogen) atoms. The van der Waals surface area contributed by atoms with E-state index in [0.717, 1.165) is 0 Å².